The van der Waals surface area contributed by atoms with E-state index in [-0.39, 0.29) is 30.2 Å². The van der Waals surface area contributed by atoms with Gasteiger partial charge in [0.05, 0.1) is 17.5 Å². The summed E-state index contributed by atoms with van der Waals surface area (Å²) in [5.41, 5.74) is 0.768. The summed E-state index contributed by atoms with van der Waals surface area (Å²) in [6, 6.07) is 7.33. The molecule has 1 saturated carbocycles. The fourth-order valence-corrected chi connectivity index (χ4v) is 3.94. The lowest BCUT2D eigenvalue weighted by Crippen LogP contribution is -2.39. The van der Waals surface area contributed by atoms with Crippen molar-refractivity contribution in [3.8, 4) is 0 Å². The molecule has 0 aromatic heterocycles. The first kappa shape index (κ1) is 17.0. The predicted molar refractivity (Wildman–Crippen MR) is 91.5 cm³/mol. The Morgan fingerprint density at radius 3 is 2.62 bits per heavy atom. The second-order valence-corrected chi connectivity index (χ2v) is 7.26. The Hall–Kier alpha value is -1.89. The minimum absolute atomic E-state index is 0.0723. The topological polar surface area (TPSA) is 86.7 Å². The van der Waals surface area contributed by atoms with Gasteiger partial charge in [0, 0.05) is 23.5 Å². The molecule has 1 aliphatic carbocycles. The first-order chi connectivity index (χ1) is 11.5. The molecule has 2 fully saturated rings. The van der Waals surface area contributed by atoms with E-state index in [1.165, 1.54) is 0 Å². The number of carboxylic acid groups (broad SMARTS) is 1. The summed E-state index contributed by atoms with van der Waals surface area (Å²) in [5.74, 6) is -1.81. The number of anilines is 1. The van der Waals surface area contributed by atoms with E-state index >= 15 is 0 Å². The van der Waals surface area contributed by atoms with Crippen LogP contribution >= 0.6 is 15.9 Å². The molecule has 0 radical (unpaired) electrons. The molecule has 1 aromatic carbocycles. The van der Waals surface area contributed by atoms with Crippen LogP contribution in [0.1, 0.15) is 25.7 Å². The number of nitrogens with zero attached hydrogens (tertiary/aromatic N) is 1. The Morgan fingerprint density at radius 2 is 1.96 bits per heavy atom. The summed E-state index contributed by atoms with van der Waals surface area (Å²) in [7, 11) is 0. The van der Waals surface area contributed by atoms with E-state index < -0.39 is 11.9 Å². The van der Waals surface area contributed by atoms with Crippen molar-refractivity contribution in [3.05, 3.63) is 28.7 Å². The highest BCUT2D eigenvalue weighted by atomic mass is 79.9. The number of nitrogens with one attached hydrogen (secondary N) is 1. The van der Waals surface area contributed by atoms with Crippen LogP contribution in [-0.4, -0.2) is 35.5 Å². The van der Waals surface area contributed by atoms with Crippen molar-refractivity contribution in [1.29, 1.82) is 0 Å². The number of halogens is 1. The van der Waals surface area contributed by atoms with E-state index in [2.05, 4.69) is 21.2 Å². The third kappa shape index (κ3) is 3.45. The standard InChI is InChI=1S/C17H19BrN2O4/c18-13-3-1-2-4-14(13)20-9-11(8-15(20)21)16(22)19-12-6-5-10(7-12)17(23)24/h1-4,10-12H,5-9H2,(H,19,22)(H,23,24)/t10-,11?,12+/m0/s1. The molecule has 3 rings (SSSR count). The van der Waals surface area contributed by atoms with Crippen molar-refractivity contribution >= 4 is 39.4 Å². The molecule has 1 heterocycles. The van der Waals surface area contributed by atoms with E-state index in [9.17, 15) is 14.4 Å². The molecular formula is C17H19BrN2O4. The van der Waals surface area contributed by atoms with Crippen LogP contribution < -0.4 is 10.2 Å². The van der Waals surface area contributed by atoms with Crippen molar-refractivity contribution in [2.24, 2.45) is 11.8 Å². The molecule has 0 bridgehead atoms. The van der Waals surface area contributed by atoms with E-state index in [0.717, 1.165) is 10.2 Å². The minimum Gasteiger partial charge on any atom is -0.481 e. The van der Waals surface area contributed by atoms with Gasteiger partial charge in [-0.25, -0.2) is 0 Å². The molecule has 3 atom stereocenters. The Morgan fingerprint density at radius 1 is 1.21 bits per heavy atom. The molecule has 1 saturated heterocycles. The Balaban J connectivity index is 1.61. The van der Waals surface area contributed by atoms with Crippen LogP contribution in [0.2, 0.25) is 0 Å². The average Bonchev–Trinajstić information content (AvgIpc) is 3.15. The number of aliphatic carboxylic acids is 1. The maximum Gasteiger partial charge on any atom is 0.306 e. The zero-order valence-electron chi connectivity index (χ0n) is 13.1. The molecule has 1 unspecified atom stereocenters. The summed E-state index contributed by atoms with van der Waals surface area (Å²) in [6.45, 7) is 0.350. The first-order valence-corrected chi connectivity index (χ1v) is 8.83. The zero-order valence-corrected chi connectivity index (χ0v) is 14.7. The van der Waals surface area contributed by atoms with Crippen molar-refractivity contribution in [2.45, 2.75) is 31.7 Å². The molecule has 6 nitrogen and oxygen atoms in total. The van der Waals surface area contributed by atoms with Crippen molar-refractivity contribution in [3.63, 3.8) is 0 Å². The lowest BCUT2D eigenvalue weighted by Gasteiger charge is -2.19. The largest absolute Gasteiger partial charge is 0.481 e. The van der Waals surface area contributed by atoms with E-state index in [0.29, 0.717) is 25.8 Å². The lowest BCUT2D eigenvalue weighted by atomic mass is 10.1. The second kappa shape index (κ2) is 6.93. The highest BCUT2D eigenvalue weighted by molar-refractivity contribution is 9.10. The van der Waals surface area contributed by atoms with Gasteiger partial charge in [-0.15, -0.1) is 0 Å². The minimum atomic E-state index is -0.803. The molecule has 1 aromatic rings. The lowest BCUT2D eigenvalue weighted by molar-refractivity contribution is -0.141. The number of carbonyl (C=O) groups is 3. The summed E-state index contributed by atoms with van der Waals surface area (Å²) in [6.07, 6.45) is 1.92. The number of hydrogen-bond acceptors (Lipinski definition) is 3. The van der Waals surface area contributed by atoms with Crippen LogP contribution in [-0.2, 0) is 14.4 Å². The molecule has 0 spiro atoms. The quantitative estimate of drug-likeness (QED) is 0.818. The normalized spacial score (nSPS) is 26.6. The third-order valence-electron chi connectivity index (χ3n) is 4.77. The maximum atomic E-state index is 12.4. The van der Waals surface area contributed by atoms with Gasteiger partial charge < -0.3 is 15.3 Å². The Bertz CT molecular complexity index is 678. The molecule has 128 valence electrons. The van der Waals surface area contributed by atoms with E-state index in [1.807, 2.05) is 24.3 Å². The SMILES string of the molecule is O=C(N[C@@H]1CC[C@H](C(=O)O)C1)C1CC(=O)N(c2ccccc2Br)C1. The van der Waals surface area contributed by atoms with Gasteiger partial charge in [-0.05, 0) is 47.3 Å². The van der Waals surface area contributed by atoms with Crippen LogP contribution in [0.25, 0.3) is 0 Å². The molecule has 2 aliphatic rings. The van der Waals surface area contributed by atoms with Gasteiger partial charge in [0.2, 0.25) is 11.8 Å². The number of carboxylic acids is 1. The molecule has 24 heavy (non-hydrogen) atoms. The fraction of sp³-hybridized carbons (Fsp3) is 0.471. The van der Waals surface area contributed by atoms with E-state index in [1.54, 1.807) is 4.90 Å². The van der Waals surface area contributed by atoms with Crippen molar-refractivity contribution in [1.82, 2.24) is 5.32 Å². The zero-order chi connectivity index (χ0) is 17.3. The molecule has 7 heteroatoms. The summed E-state index contributed by atoms with van der Waals surface area (Å²) >= 11 is 3.43. The predicted octanol–water partition coefficient (Wildman–Crippen LogP) is 2.17. The number of rotatable bonds is 4. The molecule has 2 N–H and O–H groups in total. The smallest absolute Gasteiger partial charge is 0.306 e. The Labute approximate surface area is 148 Å². The van der Waals surface area contributed by atoms with Gasteiger partial charge in [0.1, 0.15) is 0 Å². The summed E-state index contributed by atoms with van der Waals surface area (Å²) in [5, 5.41) is 11.9. The average molecular weight is 395 g/mol. The third-order valence-corrected chi connectivity index (χ3v) is 5.44. The molecular weight excluding hydrogens is 376 g/mol. The summed E-state index contributed by atoms with van der Waals surface area (Å²) < 4.78 is 0.819. The molecule has 1 aliphatic heterocycles. The van der Waals surface area contributed by atoms with Crippen molar-refractivity contribution < 1.29 is 19.5 Å². The van der Waals surface area contributed by atoms with Gasteiger partial charge >= 0.3 is 5.97 Å². The monoisotopic (exact) mass is 394 g/mol. The van der Waals surface area contributed by atoms with Crippen LogP contribution in [0.4, 0.5) is 5.69 Å². The van der Waals surface area contributed by atoms with E-state index in [4.69, 9.17) is 5.11 Å². The van der Waals surface area contributed by atoms with Gasteiger partial charge in [0.15, 0.2) is 0 Å². The van der Waals surface area contributed by atoms with Crippen LogP contribution in [0.5, 0.6) is 0 Å². The number of para-hydroxylation sites is 1. The first-order valence-electron chi connectivity index (χ1n) is 8.03. The van der Waals surface area contributed by atoms with Crippen LogP contribution in [0, 0.1) is 11.8 Å². The van der Waals surface area contributed by atoms with Gasteiger partial charge in [-0.1, -0.05) is 12.1 Å². The highest BCUT2D eigenvalue weighted by Crippen LogP contribution is 2.32. The van der Waals surface area contributed by atoms with Gasteiger partial charge in [-0.2, -0.15) is 0 Å². The highest BCUT2D eigenvalue weighted by Gasteiger charge is 2.38. The van der Waals surface area contributed by atoms with Crippen LogP contribution in [0.3, 0.4) is 0 Å². The number of benzene rings is 1. The maximum absolute atomic E-state index is 12.4. The number of hydrogen-bond donors (Lipinski definition) is 2. The fourth-order valence-electron chi connectivity index (χ4n) is 3.44. The number of carbonyl (C=O) groups excluding carboxylic acids is 2. The van der Waals surface area contributed by atoms with Crippen LogP contribution in [0.15, 0.2) is 28.7 Å². The number of amides is 2. The second-order valence-electron chi connectivity index (χ2n) is 6.41. The van der Waals surface area contributed by atoms with Gasteiger partial charge in [-0.3, -0.25) is 14.4 Å². The van der Waals surface area contributed by atoms with Gasteiger partial charge in [0.25, 0.3) is 0 Å². The Kier molecular flexibility index (Phi) is 4.89. The van der Waals surface area contributed by atoms with Crippen molar-refractivity contribution in [2.75, 3.05) is 11.4 Å². The molecule has 2 amide bonds. The summed E-state index contributed by atoms with van der Waals surface area (Å²) in [4.78, 5) is 37.3.